The molecule has 1 saturated heterocycles. The van der Waals surface area contributed by atoms with E-state index in [-0.39, 0.29) is 30.7 Å². The first-order valence-corrected chi connectivity index (χ1v) is 12.3. The lowest BCUT2D eigenvalue weighted by Gasteiger charge is -2.44. The summed E-state index contributed by atoms with van der Waals surface area (Å²) in [5, 5.41) is 0. The highest BCUT2D eigenvalue weighted by Crippen LogP contribution is 2.45. The van der Waals surface area contributed by atoms with Crippen molar-refractivity contribution in [1.82, 2.24) is 9.88 Å². The summed E-state index contributed by atoms with van der Waals surface area (Å²) in [5.74, 6) is -0.0219. The zero-order valence-corrected chi connectivity index (χ0v) is 19.5. The number of rotatable bonds is 3. The van der Waals surface area contributed by atoms with Crippen LogP contribution in [0.2, 0.25) is 0 Å². The maximum atomic E-state index is 13.3. The van der Waals surface area contributed by atoms with Gasteiger partial charge in [-0.15, -0.1) is 0 Å². The van der Waals surface area contributed by atoms with Crippen LogP contribution in [0.25, 0.3) is 16.7 Å². The van der Waals surface area contributed by atoms with Gasteiger partial charge in [0.1, 0.15) is 12.3 Å². The van der Waals surface area contributed by atoms with Gasteiger partial charge < -0.3 is 4.74 Å². The second-order valence-electron chi connectivity index (χ2n) is 9.67. The number of alkyl halides is 3. The predicted octanol–water partition coefficient (Wildman–Crippen LogP) is 7.06. The van der Waals surface area contributed by atoms with Crippen LogP contribution in [0.4, 0.5) is 18.0 Å². The molecule has 2 unspecified atom stereocenters. The van der Waals surface area contributed by atoms with Crippen LogP contribution in [0.15, 0.2) is 72.8 Å². The van der Waals surface area contributed by atoms with E-state index in [9.17, 15) is 18.0 Å². The van der Waals surface area contributed by atoms with Crippen molar-refractivity contribution in [3.05, 3.63) is 95.3 Å². The van der Waals surface area contributed by atoms with Crippen LogP contribution in [-0.4, -0.2) is 34.7 Å². The molecule has 2 aliphatic heterocycles. The average Bonchev–Trinajstić information content (AvgIpc) is 3.20. The third kappa shape index (κ3) is 3.96. The van der Waals surface area contributed by atoms with Crippen molar-refractivity contribution >= 4 is 11.7 Å². The summed E-state index contributed by atoms with van der Waals surface area (Å²) >= 11 is 0. The number of benzene rings is 2. The number of hydrogen-bond acceptors (Lipinski definition) is 3. The number of hydrogen-bond donors (Lipinski definition) is 0. The molecule has 184 valence electrons. The fraction of sp³-hybridized carbons (Fsp3) is 0.310. The van der Waals surface area contributed by atoms with E-state index in [1.165, 1.54) is 17.2 Å². The minimum atomic E-state index is -4.49. The number of nitrogens with zero attached hydrogens (tertiary/aromatic N) is 2. The smallest absolute Gasteiger partial charge is 0.433 e. The molecule has 4 nitrogen and oxygen atoms in total. The first kappa shape index (κ1) is 22.8. The summed E-state index contributed by atoms with van der Waals surface area (Å²) in [4.78, 5) is 19.0. The largest absolute Gasteiger partial charge is 0.448 e. The van der Waals surface area contributed by atoms with Gasteiger partial charge in [-0.25, -0.2) is 9.78 Å². The van der Waals surface area contributed by atoms with E-state index < -0.39 is 11.9 Å². The average molecular weight is 491 g/mol. The highest BCUT2D eigenvalue weighted by Gasteiger charge is 2.40. The van der Waals surface area contributed by atoms with Crippen LogP contribution in [-0.2, 0) is 10.9 Å². The Labute approximate surface area is 207 Å². The Morgan fingerprint density at radius 1 is 0.944 bits per heavy atom. The second-order valence-corrected chi connectivity index (χ2v) is 9.67. The summed E-state index contributed by atoms with van der Waals surface area (Å²) < 4.78 is 45.5. The van der Waals surface area contributed by atoms with Crippen LogP contribution < -0.4 is 0 Å². The molecule has 1 aliphatic carbocycles. The van der Waals surface area contributed by atoms with Gasteiger partial charge in [0.25, 0.3) is 0 Å². The standard InChI is InChI=1S/C29H25F3N2O2/c30-29(31,32)27-14-6-13-26(33-27)18-15-19-7-5-8-20(16-18)34(19)28(35)36-17-25-23-11-3-1-9-21(23)22-10-2-4-12-24(22)25/h1-4,6,9-15,19-20,25H,5,7-8,16-17H2. The monoisotopic (exact) mass is 490 g/mol. The van der Waals surface area contributed by atoms with Crippen molar-refractivity contribution in [2.24, 2.45) is 0 Å². The highest BCUT2D eigenvalue weighted by atomic mass is 19.4. The van der Waals surface area contributed by atoms with Crippen molar-refractivity contribution in [2.75, 3.05) is 6.61 Å². The molecule has 2 atom stereocenters. The van der Waals surface area contributed by atoms with Gasteiger partial charge in [-0.2, -0.15) is 13.2 Å². The van der Waals surface area contributed by atoms with Crippen LogP contribution in [0.5, 0.6) is 0 Å². The SMILES string of the molecule is O=C(OCC1c2ccccc2-c2ccccc21)N1C2C=C(c3cccc(C(F)(F)F)n3)CC1CCC2. The molecule has 7 heteroatoms. The van der Waals surface area contributed by atoms with Crippen LogP contribution in [0.3, 0.4) is 0 Å². The van der Waals surface area contributed by atoms with E-state index in [0.29, 0.717) is 12.1 Å². The van der Waals surface area contributed by atoms with Crippen molar-refractivity contribution in [1.29, 1.82) is 0 Å². The van der Waals surface area contributed by atoms with Gasteiger partial charge in [-0.3, -0.25) is 4.90 Å². The van der Waals surface area contributed by atoms with Crippen molar-refractivity contribution in [3.63, 3.8) is 0 Å². The molecule has 0 radical (unpaired) electrons. The van der Waals surface area contributed by atoms with Crippen molar-refractivity contribution in [2.45, 2.75) is 49.9 Å². The minimum Gasteiger partial charge on any atom is -0.448 e. The van der Waals surface area contributed by atoms with Crippen molar-refractivity contribution in [3.8, 4) is 11.1 Å². The Balaban J connectivity index is 1.22. The van der Waals surface area contributed by atoms with Crippen LogP contribution >= 0.6 is 0 Å². The molecule has 3 aliphatic rings. The fourth-order valence-corrected chi connectivity index (χ4v) is 5.94. The van der Waals surface area contributed by atoms with Gasteiger partial charge in [-0.1, -0.05) is 60.7 Å². The van der Waals surface area contributed by atoms with E-state index in [4.69, 9.17) is 4.74 Å². The molecule has 1 amide bonds. The Morgan fingerprint density at radius 2 is 1.64 bits per heavy atom. The number of fused-ring (bicyclic) bond motifs is 5. The van der Waals surface area contributed by atoms with E-state index in [0.717, 1.165) is 42.0 Å². The molecule has 3 aromatic rings. The fourth-order valence-electron chi connectivity index (χ4n) is 5.94. The van der Waals surface area contributed by atoms with Gasteiger partial charge in [0.2, 0.25) is 0 Å². The molecule has 3 heterocycles. The normalized spacial score (nSPS) is 21.0. The molecule has 0 spiro atoms. The number of piperidine rings is 1. The van der Waals surface area contributed by atoms with Gasteiger partial charge >= 0.3 is 12.3 Å². The first-order valence-electron chi connectivity index (χ1n) is 12.3. The summed E-state index contributed by atoms with van der Waals surface area (Å²) in [7, 11) is 0. The highest BCUT2D eigenvalue weighted by molar-refractivity contribution is 5.79. The lowest BCUT2D eigenvalue weighted by molar-refractivity contribution is -0.141. The van der Waals surface area contributed by atoms with E-state index in [1.54, 1.807) is 11.0 Å². The molecular weight excluding hydrogens is 465 g/mol. The number of pyridine rings is 1. The lowest BCUT2D eigenvalue weighted by atomic mass is 9.84. The summed E-state index contributed by atoms with van der Waals surface area (Å²) in [6.07, 6.45) is 0.0182. The third-order valence-electron chi connectivity index (χ3n) is 7.55. The lowest BCUT2D eigenvalue weighted by Crippen LogP contribution is -2.52. The van der Waals surface area contributed by atoms with Gasteiger partial charge in [0.15, 0.2) is 0 Å². The van der Waals surface area contributed by atoms with E-state index in [1.807, 2.05) is 30.3 Å². The maximum Gasteiger partial charge on any atom is 0.433 e. The molecule has 1 fully saturated rings. The Morgan fingerprint density at radius 3 is 2.31 bits per heavy atom. The first-order chi connectivity index (χ1) is 17.4. The quantitative estimate of drug-likeness (QED) is 0.395. The summed E-state index contributed by atoms with van der Waals surface area (Å²) in [6.45, 7) is 0.245. The minimum absolute atomic E-state index is 0.0219. The van der Waals surface area contributed by atoms with Crippen LogP contribution in [0, 0.1) is 0 Å². The predicted molar refractivity (Wildman–Crippen MR) is 130 cm³/mol. The molecule has 1 aromatic heterocycles. The number of aromatic nitrogens is 1. The molecule has 0 N–H and O–H groups in total. The third-order valence-corrected chi connectivity index (χ3v) is 7.55. The summed E-state index contributed by atoms with van der Waals surface area (Å²) in [5.41, 5.74) is 4.85. The van der Waals surface area contributed by atoms with Crippen molar-refractivity contribution < 1.29 is 22.7 Å². The Kier molecular flexibility index (Phi) is 5.58. The maximum absolute atomic E-state index is 13.3. The molecular formula is C29H25F3N2O2. The zero-order chi connectivity index (χ0) is 24.9. The van der Waals surface area contributed by atoms with Gasteiger partial charge in [0, 0.05) is 12.0 Å². The molecule has 36 heavy (non-hydrogen) atoms. The molecule has 0 saturated carbocycles. The number of carbonyl (C=O) groups excluding carboxylic acids is 1. The van der Waals surface area contributed by atoms with Gasteiger partial charge in [0.05, 0.1) is 11.7 Å². The topological polar surface area (TPSA) is 42.4 Å². The van der Waals surface area contributed by atoms with Gasteiger partial charge in [-0.05, 0) is 65.6 Å². The molecule has 6 rings (SSSR count). The second kappa shape index (κ2) is 8.80. The van der Waals surface area contributed by atoms with Crippen LogP contribution in [0.1, 0.15) is 54.1 Å². The number of carbonyl (C=O) groups is 1. The molecule has 2 bridgehead atoms. The van der Waals surface area contributed by atoms with E-state index >= 15 is 0 Å². The number of amides is 1. The molecule has 2 aromatic carbocycles. The van der Waals surface area contributed by atoms with E-state index in [2.05, 4.69) is 29.2 Å². The Hall–Kier alpha value is -3.61. The summed E-state index contributed by atoms with van der Waals surface area (Å²) in [6, 6.07) is 20.1. The zero-order valence-electron chi connectivity index (χ0n) is 19.5. The Bertz CT molecular complexity index is 1300. The number of halogens is 3. The number of ether oxygens (including phenoxy) is 1.